The molecule has 0 amide bonds. The van der Waals surface area contributed by atoms with E-state index in [0.717, 1.165) is 5.56 Å². The fourth-order valence-electron chi connectivity index (χ4n) is 2.72. The van der Waals surface area contributed by atoms with E-state index in [9.17, 15) is 12.8 Å². The molecule has 0 unspecified atom stereocenters. The Bertz CT molecular complexity index is 1170. The first kappa shape index (κ1) is 22.0. The Kier molecular flexibility index (Phi) is 6.93. The molecule has 0 spiro atoms. The highest BCUT2D eigenvalue weighted by atomic mass is 127. The van der Waals surface area contributed by atoms with Crippen LogP contribution in [0.25, 0.3) is 11.1 Å². The van der Waals surface area contributed by atoms with Crippen LogP contribution in [-0.4, -0.2) is 21.5 Å². The monoisotopic (exact) mass is 539 g/mol. The molecule has 156 valence electrons. The Morgan fingerprint density at radius 3 is 2.43 bits per heavy atom. The predicted molar refractivity (Wildman–Crippen MR) is 123 cm³/mol. The number of nitrogens with zero attached hydrogens (tertiary/aromatic N) is 1. The van der Waals surface area contributed by atoms with Gasteiger partial charge in [0.1, 0.15) is 11.6 Å². The van der Waals surface area contributed by atoms with E-state index in [0.29, 0.717) is 20.4 Å². The van der Waals surface area contributed by atoms with Crippen LogP contribution in [0.5, 0.6) is 5.75 Å². The van der Waals surface area contributed by atoms with Gasteiger partial charge in [-0.2, -0.15) is 0 Å². The van der Waals surface area contributed by atoms with Crippen molar-refractivity contribution in [1.29, 1.82) is 0 Å². The smallest absolute Gasteiger partial charge is 0.264 e. The van der Waals surface area contributed by atoms with Crippen molar-refractivity contribution in [3.05, 3.63) is 81.7 Å². The Labute approximate surface area is 188 Å². The SMILES string of the molecule is COc1ccc(-c2cc(CN=C(N)NS(=O)(=O)c3ccccc3)cc(F)c2I)cc1. The molecule has 0 aliphatic carbocycles. The summed E-state index contributed by atoms with van der Waals surface area (Å²) in [4.78, 5) is 4.13. The molecule has 0 saturated heterocycles. The molecule has 6 nitrogen and oxygen atoms in total. The number of hydrogen-bond acceptors (Lipinski definition) is 4. The van der Waals surface area contributed by atoms with Gasteiger partial charge in [-0.3, -0.25) is 0 Å². The molecule has 0 radical (unpaired) electrons. The van der Waals surface area contributed by atoms with E-state index in [-0.39, 0.29) is 17.4 Å². The summed E-state index contributed by atoms with van der Waals surface area (Å²) in [5, 5.41) is 0. The lowest BCUT2D eigenvalue weighted by molar-refractivity contribution is 0.415. The number of aliphatic imine (C=N–C) groups is 1. The molecule has 3 aromatic carbocycles. The Balaban J connectivity index is 1.81. The summed E-state index contributed by atoms with van der Waals surface area (Å²) in [7, 11) is -2.25. The summed E-state index contributed by atoms with van der Waals surface area (Å²) < 4.78 is 46.9. The van der Waals surface area contributed by atoms with E-state index in [1.54, 1.807) is 43.5 Å². The Hall–Kier alpha value is -2.66. The van der Waals surface area contributed by atoms with E-state index in [1.165, 1.54) is 18.2 Å². The van der Waals surface area contributed by atoms with Crippen molar-refractivity contribution in [2.45, 2.75) is 11.4 Å². The van der Waals surface area contributed by atoms with Gasteiger partial charge in [0.05, 0.1) is 22.1 Å². The molecular weight excluding hydrogens is 520 g/mol. The highest BCUT2D eigenvalue weighted by molar-refractivity contribution is 14.1. The molecule has 0 atom stereocenters. The van der Waals surface area contributed by atoms with Crippen LogP contribution in [0.4, 0.5) is 4.39 Å². The lowest BCUT2D eigenvalue weighted by Gasteiger charge is -2.10. The molecular formula is C21H19FIN3O3S. The number of sulfonamides is 1. The molecule has 3 N–H and O–H groups in total. The number of hydrogen-bond donors (Lipinski definition) is 2. The predicted octanol–water partition coefficient (Wildman–Crippen LogP) is 3.90. The van der Waals surface area contributed by atoms with Gasteiger partial charge in [-0.05, 0) is 75.7 Å². The first-order valence-electron chi connectivity index (χ1n) is 8.80. The molecule has 0 saturated carbocycles. The Morgan fingerprint density at radius 1 is 1.13 bits per heavy atom. The van der Waals surface area contributed by atoms with E-state index in [2.05, 4.69) is 9.71 Å². The topological polar surface area (TPSA) is 93.8 Å². The minimum Gasteiger partial charge on any atom is -0.497 e. The summed E-state index contributed by atoms with van der Waals surface area (Å²) in [5.41, 5.74) is 7.82. The third-order valence-electron chi connectivity index (χ3n) is 4.21. The van der Waals surface area contributed by atoms with Gasteiger partial charge < -0.3 is 10.5 Å². The van der Waals surface area contributed by atoms with Crippen LogP contribution in [-0.2, 0) is 16.6 Å². The summed E-state index contributed by atoms with van der Waals surface area (Å²) in [6.07, 6.45) is 0. The van der Waals surface area contributed by atoms with Crippen molar-refractivity contribution in [3.8, 4) is 16.9 Å². The zero-order chi connectivity index (χ0) is 21.7. The van der Waals surface area contributed by atoms with E-state index >= 15 is 0 Å². The fraction of sp³-hybridized carbons (Fsp3) is 0.0952. The summed E-state index contributed by atoms with van der Waals surface area (Å²) >= 11 is 1.95. The fourth-order valence-corrected chi connectivity index (χ4v) is 4.32. The van der Waals surface area contributed by atoms with Crippen molar-refractivity contribution >= 4 is 38.6 Å². The lowest BCUT2D eigenvalue weighted by Crippen LogP contribution is -2.36. The van der Waals surface area contributed by atoms with Crippen LogP contribution in [0.15, 0.2) is 76.6 Å². The number of rotatable bonds is 6. The molecule has 30 heavy (non-hydrogen) atoms. The van der Waals surface area contributed by atoms with Crippen LogP contribution in [0.1, 0.15) is 5.56 Å². The molecule has 0 aromatic heterocycles. The van der Waals surface area contributed by atoms with Gasteiger partial charge in [-0.1, -0.05) is 30.3 Å². The van der Waals surface area contributed by atoms with Crippen molar-refractivity contribution in [2.24, 2.45) is 10.7 Å². The van der Waals surface area contributed by atoms with E-state index < -0.39 is 15.8 Å². The largest absolute Gasteiger partial charge is 0.497 e. The first-order chi connectivity index (χ1) is 14.3. The molecule has 3 aromatic rings. The highest BCUT2D eigenvalue weighted by Gasteiger charge is 2.15. The molecule has 0 heterocycles. The zero-order valence-electron chi connectivity index (χ0n) is 16.0. The second-order valence-corrected chi connectivity index (χ2v) is 9.05. The van der Waals surface area contributed by atoms with Crippen LogP contribution in [0.2, 0.25) is 0 Å². The first-order valence-corrected chi connectivity index (χ1v) is 11.4. The van der Waals surface area contributed by atoms with Crippen LogP contribution < -0.4 is 15.2 Å². The van der Waals surface area contributed by atoms with Crippen molar-refractivity contribution in [2.75, 3.05) is 7.11 Å². The molecule has 9 heteroatoms. The number of halogens is 2. The van der Waals surface area contributed by atoms with Gasteiger partial charge in [0.15, 0.2) is 0 Å². The number of methoxy groups -OCH3 is 1. The quantitative estimate of drug-likeness (QED) is 0.283. The van der Waals surface area contributed by atoms with Gasteiger partial charge >= 0.3 is 0 Å². The number of benzene rings is 3. The number of ether oxygens (including phenoxy) is 1. The third-order valence-corrected chi connectivity index (χ3v) is 6.68. The lowest BCUT2D eigenvalue weighted by atomic mass is 10.0. The maximum absolute atomic E-state index is 14.5. The average Bonchev–Trinajstić information content (AvgIpc) is 2.75. The molecule has 0 aliphatic heterocycles. The van der Waals surface area contributed by atoms with Crippen molar-refractivity contribution in [1.82, 2.24) is 4.72 Å². The van der Waals surface area contributed by atoms with Gasteiger partial charge in [-0.15, -0.1) is 0 Å². The van der Waals surface area contributed by atoms with Crippen LogP contribution >= 0.6 is 22.6 Å². The van der Waals surface area contributed by atoms with Gasteiger partial charge in [0.2, 0.25) is 5.96 Å². The van der Waals surface area contributed by atoms with Gasteiger partial charge in [0, 0.05) is 0 Å². The van der Waals surface area contributed by atoms with Crippen molar-refractivity contribution in [3.63, 3.8) is 0 Å². The minimum absolute atomic E-state index is 0.0140. The standard InChI is InChI=1S/C21H19FIN3O3S/c1-29-16-9-7-15(8-10-16)18-11-14(12-19(22)20(18)23)13-25-21(24)26-30(27,28)17-5-3-2-4-6-17/h2-12H,13H2,1H3,(H3,24,25,26). The van der Waals surface area contributed by atoms with Crippen LogP contribution in [0.3, 0.4) is 0 Å². The van der Waals surface area contributed by atoms with Crippen LogP contribution in [0, 0.1) is 9.39 Å². The molecule has 0 aliphatic rings. The molecule has 0 bridgehead atoms. The molecule has 3 rings (SSSR count). The van der Waals surface area contributed by atoms with Gasteiger partial charge in [-0.25, -0.2) is 22.5 Å². The maximum atomic E-state index is 14.5. The third kappa shape index (κ3) is 5.28. The number of nitrogens with one attached hydrogen (secondary N) is 1. The average molecular weight is 539 g/mol. The summed E-state index contributed by atoms with van der Waals surface area (Å²) in [5.74, 6) is 0.0369. The van der Waals surface area contributed by atoms with E-state index in [4.69, 9.17) is 10.5 Å². The summed E-state index contributed by atoms with van der Waals surface area (Å²) in [6.45, 7) is 0.0140. The van der Waals surface area contributed by atoms with Crippen molar-refractivity contribution < 1.29 is 17.5 Å². The van der Waals surface area contributed by atoms with E-state index in [1.807, 2.05) is 34.7 Å². The molecule has 0 fully saturated rings. The highest BCUT2D eigenvalue weighted by Crippen LogP contribution is 2.30. The summed E-state index contributed by atoms with van der Waals surface area (Å²) in [6, 6.07) is 18.3. The van der Waals surface area contributed by atoms with Gasteiger partial charge in [0.25, 0.3) is 10.0 Å². The zero-order valence-corrected chi connectivity index (χ0v) is 18.9. The minimum atomic E-state index is -3.83. The normalized spacial score (nSPS) is 11.9. The second-order valence-electron chi connectivity index (χ2n) is 6.29. The second kappa shape index (κ2) is 9.43. The number of guanidine groups is 1. The Morgan fingerprint density at radius 2 is 1.80 bits per heavy atom. The number of nitrogens with two attached hydrogens (primary N) is 1. The maximum Gasteiger partial charge on any atom is 0.264 e.